The summed E-state index contributed by atoms with van der Waals surface area (Å²) in [7, 11) is -3.73. The van der Waals surface area contributed by atoms with Crippen LogP contribution in [0.15, 0.2) is 46.7 Å². The number of halogens is 4. The second-order valence-electron chi connectivity index (χ2n) is 7.04. The Morgan fingerprint density at radius 2 is 1.68 bits per heavy atom. The van der Waals surface area contributed by atoms with E-state index in [9.17, 15) is 17.2 Å². The van der Waals surface area contributed by atoms with Crippen molar-refractivity contribution in [1.29, 1.82) is 0 Å². The van der Waals surface area contributed by atoms with E-state index in [4.69, 9.17) is 23.2 Å². The van der Waals surface area contributed by atoms with Crippen LogP contribution in [0.5, 0.6) is 0 Å². The van der Waals surface area contributed by atoms with E-state index in [1.807, 2.05) is 10.3 Å². The Kier molecular flexibility index (Phi) is 6.50. The van der Waals surface area contributed by atoms with Gasteiger partial charge in [0.1, 0.15) is 16.5 Å². The van der Waals surface area contributed by atoms with E-state index in [1.165, 1.54) is 46.0 Å². The largest absolute Gasteiger partial charge is 0.345 e. The summed E-state index contributed by atoms with van der Waals surface area (Å²) < 4.78 is 54.0. The summed E-state index contributed by atoms with van der Waals surface area (Å²) in [6, 6.07) is 7.72. The molecule has 11 heteroatoms. The highest BCUT2D eigenvalue weighted by Crippen LogP contribution is 2.29. The van der Waals surface area contributed by atoms with Crippen LogP contribution in [0, 0.1) is 11.6 Å². The second kappa shape index (κ2) is 8.99. The maximum Gasteiger partial charge on any atom is 0.244 e. The van der Waals surface area contributed by atoms with Crippen LogP contribution in [0.1, 0.15) is 11.3 Å². The van der Waals surface area contributed by atoms with Gasteiger partial charge in [-0.2, -0.15) is 4.31 Å². The molecule has 0 N–H and O–H groups in total. The zero-order valence-electron chi connectivity index (χ0n) is 16.1. The number of piperazine rings is 1. The van der Waals surface area contributed by atoms with Crippen molar-refractivity contribution < 1.29 is 17.2 Å². The first-order valence-electron chi connectivity index (χ1n) is 9.32. The lowest BCUT2D eigenvalue weighted by molar-refractivity contribution is 0.384. The van der Waals surface area contributed by atoms with Crippen molar-refractivity contribution in [3.05, 3.63) is 74.7 Å². The smallest absolute Gasteiger partial charge is 0.244 e. The van der Waals surface area contributed by atoms with E-state index >= 15 is 0 Å². The van der Waals surface area contributed by atoms with Crippen LogP contribution in [-0.2, 0) is 16.4 Å². The molecule has 0 unspecified atom stereocenters. The van der Waals surface area contributed by atoms with Gasteiger partial charge in [-0.1, -0.05) is 23.2 Å². The molecule has 0 bridgehead atoms. The van der Waals surface area contributed by atoms with Crippen LogP contribution in [0.25, 0.3) is 0 Å². The molecule has 1 saturated heterocycles. The van der Waals surface area contributed by atoms with Crippen molar-refractivity contribution in [3.63, 3.8) is 0 Å². The Labute approximate surface area is 192 Å². The molecule has 0 atom stereocenters. The first-order valence-corrected chi connectivity index (χ1v) is 12.4. The number of sulfonamides is 1. The molecular formula is C20H17Cl2F2N3O2S2. The third-order valence-electron chi connectivity index (χ3n) is 4.87. The molecule has 164 valence electrons. The zero-order valence-corrected chi connectivity index (χ0v) is 19.2. The minimum absolute atomic E-state index is 0.0332. The SMILES string of the molecule is O=S(=O)(c1ccc(Cl)cc1Cl)N1CCN(c2nc(Cc3cc(F)cc(F)c3)cs2)CC1. The summed E-state index contributed by atoms with van der Waals surface area (Å²) in [5.74, 6) is -1.24. The lowest BCUT2D eigenvalue weighted by Gasteiger charge is -2.33. The lowest BCUT2D eigenvalue weighted by atomic mass is 10.1. The molecule has 3 aromatic rings. The molecular weight excluding hydrogens is 487 g/mol. The molecule has 0 radical (unpaired) electrons. The van der Waals surface area contributed by atoms with Gasteiger partial charge < -0.3 is 4.90 Å². The van der Waals surface area contributed by atoms with Crippen LogP contribution in [-0.4, -0.2) is 43.9 Å². The first kappa shape index (κ1) is 22.4. The van der Waals surface area contributed by atoms with Gasteiger partial charge in [0.25, 0.3) is 0 Å². The van der Waals surface area contributed by atoms with Crippen LogP contribution in [0.2, 0.25) is 10.0 Å². The average Bonchev–Trinajstić information content (AvgIpc) is 3.15. The molecule has 0 saturated carbocycles. The van der Waals surface area contributed by atoms with Gasteiger partial charge in [-0.15, -0.1) is 11.3 Å². The van der Waals surface area contributed by atoms with Gasteiger partial charge in [0.05, 0.1) is 10.7 Å². The fourth-order valence-electron chi connectivity index (χ4n) is 3.39. The summed E-state index contributed by atoms with van der Waals surface area (Å²) in [6.07, 6.45) is 0.314. The number of nitrogens with zero attached hydrogens (tertiary/aromatic N) is 3. The Hall–Kier alpha value is -1.78. The molecule has 2 heterocycles. The van der Waals surface area contributed by atoms with Crippen molar-refractivity contribution in [2.75, 3.05) is 31.1 Å². The van der Waals surface area contributed by atoms with Gasteiger partial charge in [0, 0.05) is 49.1 Å². The zero-order chi connectivity index (χ0) is 22.2. The number of thiazole rings is 1. The maximum absolute atomic E-state index is 13.4. The first-order chi connectivity index (χ1) is 14.7. The average molecular weight is 504 g/mol. The van der Waals surface area contributed by atoms with Gasteiger partial charge >= 0.3 is 0 Å². The third-order valence-corrected chi connectivity index (χ3v) is 8.44. The summed E-state index contributed by atoms with van der Waals surface area (Å²) >= 11 is 13.4. The minimum Gasteiger partial charge on any atom is -0.345 e. The van der Waals surface area contributed by atoms with Gasteiger partial charge in [-0.3, -0.25) is 0 Å². The molecule has 1 aromatic heterocycles. The summed E-state index contributed by atoms with van der Waals surface area (Å²) in [5, 5.41) is 3.05. The van der Waals surface area contributed by atoms with Crippen molar-refractivity contribution >= 4 is 49.7 Å². The van der Waals surface area contributed by atoms with E-state index in [2.05, 4.69) is 4.98 Å². The summed E-state index contributed by atoms with van der Waals surface area (Å²) in [4.78, 5) is 6.58. The summed E-state index contributed by atoms with van der Waals surface area (Å²) in [6.45, 7) is 1.49. The van der Waals surface area contributed by atoms with E-state index < -0.39 is 21.7 Å². The number of hydrogen-bond donors (Lipinski definition) is 0. The van der Waals surface area contributed by atoms with Crippen LogP contribution in [0.3, 0.4) is 0 Å². The molecule has 0 aliphatic carbocycles. The molecule has 1 aliphatic heterocycles. The molecule has 4 rings (SSSR count). The Morgan fingerprint density at radius 1 is 1.00 bits per heavy atom. The van der Waals surface area contributed by atoms with Crippen LogP contribution < -0.4 is 4.90 Å². The maximum atomic E-state index is 13.4. The predicted octanol–water partition coefficient (Wildman–Crippen LogP) is 4.83. The monoisotopic (exact) mass is 503 g/mol. The molecule has 31 heavy (non-hydrogen) atoms. The molecule has 0 amide bonds. The summed E-state index contributed by atoms with van der Waals surface area (Å²) in [5.41, 5.74) is 1.21. The highest BCUT2D eigenvalue weighted by molar-refractivity contribution is 7.89. The van der Waals surface area contributed by atoms with Crippen molar-refractivity contribution in [3.8, 4) is 0 Å². The van der Waals surface area contributed by atoms with Crippen LogP contribution in [0.4, 0.5) is 13.9 Å². The quantitative estimate of drug-likeness (QED) is 0.500. The van der Waals surface area contributed by atoms with E-state index in [0.717, 1.165) is 11.2 Å². The van der Waals surface area contributed by atoms with Crippen molar-refractivity contribution in [1.82, 2.24) is 9.29 Å². The van der Waals surface area contributed by atoms with Gasteiger partial charge in [0.15, 0.2) is 5.13 Å². The number of rotatable bonds is 5. The van der Waals surface area contributed by atoms with E-state index in [1.54, 1.807) is 0 Å². The fourth-order valence-corrected chi connectivity index (χ4v) is 6.44. The Bertz CT molecular complexity index is 1190. The number of anilines is 1. The van der Waals surface area contributed by atoms with E-state index in [0.29, 0.717) is 35.8 Å². The van der Waals surface area contributed by atoms with Crippen molar-refractivity contribution in [2.24, 2.45) is 0 Å². The Balaban J connectivity index is 1.42. The lowest BCUT2D eigenvalue weighted by Crippen LogP contribution is -2.48. The molecule has 2 aromatic carbocycles. The molecule has 1 fully saturated rings. The standard InChI is InChI=1S/C20H17Cl2F2N3O2S2/c21-14-1-2-19(18(22)10-14)31(28,29)27-5-3-26(4-6-27)20-25-17(12-30-20)9-13-7-15(23)11-16(24)8-13/h1-2,7-8,10-12H,3-6,9H2. The number of aromatic nitrogens is 1. The predicted molar refractivity (Wildman–Crippen MR) is 119 cm³/mol. The van der Waals surface area contributed by atoms with E-state index in [-0.39, 0.29) is 23.0 Å². The second-order valence-corrected chi connectivity index (χ2v) is 10.6. The number of hydrogen-bond acceptors (Lipinski definition) is 5. The van der Waals surface area contributed by atoms with Crippen LogP contribution >= 0.6 is 34.5 Å². The third kappa shape index (κ3) is 5.01. The highest BCUT2D eigenvalue weighted by Gasteiger charge is 2.31. The fraction of sp³-hybridized carbons (Fsp3) is 0.250. The van der Waals surface area contributed by atoms with Gasteiger partial charge in [0.2, 0.25) is 10.0 Å². The highest BCUT2D eigenvalue weighted by atomic mass is 35.5. The number of benzene rings is 2. The molecule has 5 nitrogen and oxygen atoms in total. The molecule has 0 spiro atoms. The topological polar surface area (TPSA) is 53.5 Å². The van der Waals surface area contributed by atoms with Crippen molar-refractivity contribution in [2.45, 2.75) is 11.3 Å². The minimum atomic E-state index is -3.73. The molecule has 1 aliphatic rings. The normalized spacial score (nSPS) is 15.4. The van der Waals surface area contributed by atoms with Gasteiger partial charge in [-0.05, 0) is 35.9 Å². The van der Waals surface area contributed by atoms with Gasteiger partial charge in [-0.25, -0.2) is 22.2 Å². The Morgan fingerprint density at radius 3 is 2.32 bits per heavy atom.